The molecule has 0 unspecified atom stereocenters. The lowest BCUT2D eigenvalue weighted by atomic mass is 10.2. The summed E-state index contributed by atoms with van der Waals surface area (Å²) in [6.45, 7) is 6.50. The highest BCUT2D eigenvalue weighted by Crippen LogP contribution is 2.23. The topological polar surface area (TPSA) is 49.8 Å². The summed E-state index contributed by atoms with van der Waals surface area (Å²) in [5, 5.41) is 8.93. The van der Waals surface area contributed by atoms with Crippen molar-refractivity contribution in [2.45, 2.75) is 20.4 Å². The molecule has 0 aliphatic rings. The summed E-state index contributed by atoms with van der Waals surface area (Å²) in [6, 6.07) is 1.88. The average molecular weight is 257 g/mol. The second kappa shape index (κ2) is 6.74. The molecular weight excluding hydrogens is 238 g/mol. The largest absolute Gasteiger partial charge is 0.465 e. The van der Waals surface area contributed by atoms with Crippen molar-refractivity contribution >= 4 is 17.3 Å². The van der Waals surface area contributed by atoms with E-state index in [2.05, 4.69) is 11.8 Å². The first-order valence-corrected chi connectivity index (χ1v) is 6.44. The number of aliphatic hydroxyl groups excluding tert-OH is 1. The number of hydrogen-bond donors (Lipinski definition) is 1. The number of esters is 1. The number of ether oxygens (including phenoxy) is 1. The maximum atomic E-state index is 11.4. The van der Waals surface area contributed by atoms with E-state index in [0.717, 1.165) is 23.5 Å². The predicted octanol–water partition coefficient (Wildman–Crippen LogP) is 1.66. The van der Waals surface area contributed by atoms with Crippen molar-refractivity contribution in [3.8, 4) is 0 Å². The Hall–Kier alpha value is -0.910. The lowest BCUT2D eigenvalue weighted by molar-refractivity contribution is 0.0606. The zero-order chi connectivity index (χ0) is 12.8. The van der Waals surface area contributed by atoms with Crippen LogP contribution in [0.1, 0.15) is 27.0 Å². The Morgan fingerprint density at radius 3 is 2.82 bits per heavy atom. The van der Waals surface area contributed by atoms with Crippen molar-refractivity contribution in [1.82, 2.24) is 4.90 Å². The molecule has 1 rings (SSSR count). The quantitative estimate of drug-likeness (QED) is 0.787. The minimum atomic E-state index is -0.283. The third kappa shape index (κ3) is 3.80. The highest BCUT2D eigenvalue weighted by molar-refractivity contribution is 7.14. The molecule has 4 nitrogen and oxygen atoms in total. The molecule has 0 spiro atoms. The summed E-state index contributed by atoms with van der Waals surface area (Å²) in [7, 11) is 1.39. The van der Waals surface area contributed by atoms with E-state index in [4.69, 9.17) is 9.84 Å². The summed E-state index contributed by atoms with van der Waals surface area (Å²) in [5.41, 5.74) is 1.13. The Morgan fingerprint density at radius 2 is 2.29 bits per heavy atom. The number of nitrogens with zero attached hydrogens (tertiary/aromatic N) is 1. The Kier molecular flexibility index (Phi) is 5.61. The zero-order valence-electron chi connectivity index (χ0n) is 10.5. The molecule has 1 heterocycles. The molecule has 0 saturated heterocycles. The fourth-order valence-electron chi connectivity index (χ4n) is 1.61. The molecule has 0 bridgehead atoms. The molecule has 0 saturated carbocycles. The van der Waals surface area contributed by atoms with Crippen LogP contribution in [0, 0.1) is 6.92 Å². The van der Waals surface area contributed by atoms with E-state index in [1.165, 1.54) is 18.4 Å². The van der Waals surface area contributed by atoms with Gasteiger partial charge in [0.2, 0.25) is 0 Å². The molecule has 1 N–H and O–H groups in total. The van der Waals surface area contributed by atoms with E-state index in [-0.39, 0.29) is 12.6 Å². The van der Waals surface area contributed by atoms with E-state index in [1.54, 1.807) is 0 Å². The van der Waals surface area contributed by atoms with Crippen LogP contribution >= 0.6 is 11.3 Å². The van der Waals surface area contributed by atoms with Crippen molar-refractivity contribution in [2.24, 2.45) is 0 Å². The molecule has 0 aliphatic carbocycles. The maximum Gasteiger partial charge on any atom is 0.348 e. The van der Waals surface area contributed by atoms with Crippen LogP contribution in [-0.2, 0) is 11.3 Å². The van der Waals surface area contributed by atoms with Gasteiger partial charge in [0.1, 0.15) is 4.88 Å². The predicted molar refractivity (Wildman–Crippen MR) is 68.4 cm³/mol. The number of methoxy groups -OCH3 is 1. The zero-order valence-corrected chi connectivity index (χ0v) is 11.3. The standard InChI is InChI=1S/C12H19NO3S/c1-4-13(5-6-14)8-10-7-11(12(15)16-3)17-9(10)2/h7,14H,4-6,8H2,1-3H3. The third-order valence-corrected chi connectivity index (χ3v) is 3.74. The number of likely N-dealkylation sites (N-methyl/N-ethyl adjacent to an activating group) is 1. The minimum Gasteiger partial charge on any atom is -0.465 e. The summed E-state index contributed by atoms with van der Waals surface area (Å²) in [4.78, 5) is 15.3. The Morgan fingerprint density at radius 1 is 1.59 bits per heavy atom. The van der Waals surface area contributed by atoms with Gasteiger partial charge in [0, 0.05) is 18.0 Å². The van der Waals surface area contributed by atoms with Crippen LogP contribution in [0.15, 0.2) is 6.07 Å². The Bertz CT molecular complexity index is 376. The van der Waals surface area contributed by atoms with E-state index < -0.39 is 0 Å². The fourth-order valence-corrected chi connectivity index (χ4v) is 2.56. The highest BCUT2D eigenvalue weighted by atomic mass is 32.1. The lowest BCUT2D eigenvalue weighted by Crippen LogP contribution is -2.26. The van der Waals surface area contributed by atoms with Crippen molar-refractivity contribution in [1.29, 1.82) is 0 Å². The fraction of sp³-hybridized carbons (Fsp3) is 0.583. The first-order valence-electron chi connectivity index (χ1n) is 5.63. The summed E-state index contributed by atoms with van der Waals surface area (Å²) in [5.74, 6) is -0.283. The van der Waals surface area contributed by atoms with E-state index >= 15 is 0 Å². The molecule has 0 amide bonds. The summed E-state index contributed by atoms with van der Waals surface area (Å²) in [6.07, 6.45) is 0. The number of hydrogen-bond acceptors (Lipinski definition) is 5. The molecule has 1 aromatic rings. The van der Waals surface area contributed by atoms with Gasteiger partial charge in [-0.15, -0.1) is 11.3 Å². The number of carbonyl (C=O) groups is 1. The van der Waals surface area contributed by atoms with Crippen molar-refractivity contribution in [2.75, 3.05) is 26.8 Å². The van der Waals surface area contributed by atoms with Gasteiger partial charge in [0.05, 0.1) is 13.7 Å². The molecular formula is C12H19NO3S. The summed E-state index contributed by atoms with van der Waals surface area (Å²) < 4.78 is 4.70. The van der Waals surface area contributed by atoms with Crippen molar-refractivity contribution < 1.29 is 14.6 Å². The molecule has 0 atom stereocenters. The Labute approximate surface area is 106 Å². The van der Waals surface area contributed by atoms with Crippen LogP contribution in [0.3, 0.4) is 0 Å². The first kappa shape index (κ1) is 14.2. The van der Waals surface area contributed by atoms with Crippen molar-refractivity contribution in [3.05, 3.63) is 21.4 Å². The molecule has 0 radical (unpaired) electrons. The average Bonchev–Trinajstić information content (AvgIpc) is 2.69. The van der Waals surface area contributed by atoms with Crippen LogP contribution in [0.5, 0.6) is 0 Å². The van der Waals surface area contributed by atoms with E-state index in [1.807, 2.05) is 13.0 Å². The molecule has 17 heavy (non-hydrogen) atoms. The SMILES string of the molecule is CCN(CCO)Cc1cc(C(=O)OC)sc1C. The lowest BCUT2D eigenvalue weighted by Gasteiger charge is -2.18. The highest BCUT2D eigenvalue weighted by Gasteiger charge is 2.14. The molecule has 5 heteroatoms. The monoisotopic (exact) mass is 257 g/mol. The van der Waals surface area contributed by atoms with Gasteiger partial charge < -0.3 is 9.84 Å². The van der Waals surface area contributed by atoms with Gasteiger partial charge in [-0.05, 0) is 25.1 Å². The Balaban J connectivity index is 2.77. The van der Waals surface area contributed by atoms with Gasteiger partial charge in [-0.2, -0.15) is 0 Å². The van der Waals surface area contributed by atoms with E-state index in [0.29, 0.717) is 11.4 Å². The van der Waals surface area contributed by atoms with Crippen LogP contribution in [-0.4, -0.2) is 42.8 Å². The maximum absolute atomic E-state index is 11.4. The van der Waals surface area contributed by atoms with Gasteiger partial charge in [-0.25, -0.2) is 4.79 Å². The number of aliphatic hydroxyl groups is 1. The van der Waals surface area contributed by atoms with Gasteiger partial charge in [-0.3, -0.25) is 4.90 Å². The molecule has 1 aromatic heterocycles. The number of carbonyl (C=O) groups excluding carboxylic acids is 1. The van der Waals surface area contributed by atoms with Gasteiger partial charge >= 0.3 is 5.97 Å². The van der Waals surface area contributed by atoms with Crippen LogP contribution in [0.2, 0.25) is 0 Å². The summed E-state index contributed by atoms with van der Waals surface area (Å²) >= 11 is 1.45. The minimum absolute atomic E-state index is 0.154. The van der Waals surface area contributed by atoms with Gasteiger partial charge in [0.25, 0.3) is 0 Å². The van der Waals surface area contributed by atoms with Gasteiger partial charge in [0.15, 0.2) is 0 Å². The third-order valence-electron chi connectivity index (χ3n) is 2.66. The molecule has 96 valence electrons. The smallest absolute Gasteiger partial charge is 0.348 e. The first-order chi connectivity index (χ1) is 8.12. The molecule has 0 aromatic carbocycles. The van der Waals surface area contributed by atoms with Crippen molar-refractivity contribution in [3.63, 3.8) is 0 Å². The number of rotatable bonds is 6. The van der Waals surface area contributed by atoms with Gasteiger partial charge in [-0.1, -0.05) is 6.92 Å². The second-order valence-electron chi connectivity index (χ2n) is 3.78. The second-order valence-corrected chi connectivity index (χ2v) is 5.03. The van der Waals surface area contributed by atoms with Crippen LogP contribution < -0.4 is 0 Å². The normalized spacial score (nSPS) is 10.9. The van der Waals surface area contributed by atoms with Crippen LogP contribution in [0.25, 0.3) is 0 Å². The number of aryl methyl sites for hydroxylation is 1. The molecule has 0 aliphatic heterocycles. The number of thiophene rings is 1. The van der Waals surface area contributed by atoms with Crippen LogP contribution in [0.4, 0.5) is 0 Å². The van der Waals surface area contributed by atoms with E-state index in [9.17, 15) is 4.79 Å². The molecule has 0 fully saturated rings.